The first-order chi connectivity index (χ1) is 8.90. The second-order valence-corrected chi connectivity index (χ2v) is 5.46. The number of nitrogens with one attached hydrogen (secondary N) is 1. The van der Waals surface area contributed by atoms with E-state index in [-0.39, 0.29) is 18.9 Å². The van der Waals surface area contributed by atoms with Gasteiger partial charge in [0.25, 0.3) is 0 Å². The van der Waals surface area contributed by atoms with Crippen molar-refractivity contribution in [1.82, 2.24) is 5.32 Å². The highest BCUT2D eigenvalue weighted by molar-refractivity contribution is 6.35. The normalized spacial score (nSPS) is 11.4. The molecule has 0 aliphatic rings. The van der Waals surface area contributed by atoms with Crippen molar-refractivity contribution in [3.8, 4) is 0 Å². The van der Waals surface area contributed by atoms with Crippen LogP contribution in [0.5, 0.6) is 0 Å². The molecule has 19 heavy (non-hydrogen) atoms. The molecule has 1 aromatic carbocycles. The summed E-state index contributed by atoms with van der Waals surface area (Å²) in [5.41, 5.74) is -0.112. The van der Waals surface area contributed by atoms with Crippen molar-refractivity contribution in [2.24, 2.45) is 0 Å². The van der Waals surface area contributed by atoms with E-state index < -0.39 is 5.60 Å². The van der Waals surface area contributed by atoms with Crippen molar-refractivity contribution < 1.29 is 9.90 Å². The van der Waals surface area contributed by atoms with E-state index in [2.05, 4.69) is 5.32 Å². The molecule has 0 aliphatic carbocycles. The van der Waals surface area contributed by atoms with Gasteiger partial charge in [-0.3, -0.25) is 4.79 Å². The van der Waals surface area contributed by atoms with Crippen LogP contribution in [0.15, 0.2) is 18.2 Å². The Balaban J connectivity index is 2.56. The van der Waals surface area contributed by atoms with Crippen molar-refractivity contribution in [1.29, 1.82) is 0 Å². The van der Waals surface area contributed by atoms with E-state index >= 15 is 0 Å². The van der Waals surface area contributed by atoms with Crippen molar-refractivity contribution in [2.45, 2.75) is 38.7 Å². The number of aliphatic hydroxyl groups is 1. The SMILES string of the molecule is CCC(O)(CC)CNC(=O)Cc1ccc(Cl)cc1Cl. The maximum atomic E-state index is 11.8. The third kappa shape index (κ3) is 5.01. The molecule has 2 N–H and O–H groups in total. The van der Waals surface area contributed by atoms with Gasteiger partial charge < -0.3 is 10.4 Å². The van der Waals surface area contributed by atoms with E-state index in [1.807, 2.05) is 13.8 Å². The summed E-state index contributed by atoms with van der Waals surface area (Å²) in [7, 11) is 0. The van der Waals surface area contributed by atoms with Gasteiger partial charge in [0.2, 0.25) is 5.91 Å². The molecule has 0 atom stereocenters. The zero-order valence-electron chi connectivity index (χ0n) is 11.2. The van der Waals surface area contributed by atoms with Crippen LogP contribution in [-0.2, 0) is 11.2 Å². The van der Waals surface area contributed by atoms with Gasteiger partial charge in [-0.15, -0.1) is 0 Å². The van der Waals surface area contributed by atoms with E-state index in [9.17, 15) is 9.90 Å². The minimum Gasteiger partial charge on any atom is -0.388 e. The van der Waals surface area contributed by atoms with Gasteiger partial charge in [0.15, 0.2) is 0 Å². The molecule has 0 aliphatic heterocycles. The van der Waals surface area contributed by atoms with Gasteiger partial charge in [-0.1, -0.05) is 43.1 Å². The maximum absolute atomic E-state index is 11.8. The minimum absolute atomic E-state index is 0.162. The second-order valence-electron chi connectivity index (χ2n) is 4.62. The Morgan fingerprint density at radius 3 is 2.47 bits per heavy atom. The first-order valence-electron chi connectivity index (χ1n) is 6.33. The second kappa shape index (κ2) is 7.13. The molecule has 0 bridgehead atoms. The largest absolute Gasteiger partial charge is 0.388 e. The van der Waals surface area contributed by atoms with Gasteiger partial charge in [0.05, 0.1) is 12.0 Å². The van der Waals surface area contributed by atoms with Crippen LogP contribution in [0, 0.1) is 0 Å². The average molecular weight is 304 g/mol. The number of benzene rings is 1. The van der Waals surface area contributed by atoms with Crippen LogP contribution in [0.2, 0.25) is 10.0 Å². The molecule has 5 heteroatoms. The van der Waals surface area contributed by atoms with Crippen molar-refractivity contribution in [3.05, 3.63) is 33.8 Å². The quantitative estimate of drug-likeness (QED) is 0.848. The molecule has 1 amide bonds. The fourth-order valence-electron chi connectivity index (χ4n) is 1.66. The summed E-state index contributed by atoms with van der Waals surface area (Å²) in [6.07, 6.45) is 1.39. The van der Waals surface area contributed by atoms with Gasteiger partial charge in [-0.05, 0) is 30.5 Å². The molecule has 0 unspecified atom stereocenters. The van der Waals surface area contributed by atoms with E-state index in [0.29, 0.717) is 22.9 Å². The average Bonchev–Trinajstić information content (AvgIpc) is 2.39. The molecule has 1 aromatic rings. The molecule has 0 radical (unpaired) electrons. The van der Waals surface area contributed by atoms with E-state index in [1.165, 1.54) is 0 Å². The van der Waals surface area contributed by atoms with Gasteiger partial charge >= 0.3 is 0 Å². The van der Waals surface area contributed by atoms with Crippen LogP contribution >= 0.6 is 23.2 Å². The Labute approximate surface area is 123 Å². The van der Waals surface area contributed by atoms with Crippen molar-refractivity contribution >= 4 is 29.1 Å². The molecule has 0 spiro atoms. The summed E-state index contributed by atoms with van der Waals surface area (Å²) >= 11 is 11.8. The lowest BCUT2D eigenvalue weighted by molar-refractivity contribution is -0.121. The first kappa shape index (κ1) is 16.3. The van der Waals surface area contributed by atoms with Crippen LogP contribution in [-0.4, -0.2) is 23.2 Å². The van der Waals surface area contributed by atoms with E-state index in [0.717, 1.165) is 5.56 Å². The van der Waals surface area contributed by atoms with Crippen LogP contribution < -0.4 is 5.32 Å². The lowest BCUT2D eigenvalue weighted by atomic mass is 9.97. The fraction of sp³-hybridized carbons (Fsp3) is 0.500. The predicted molar refractivity (Wildman–Crippen MR) is 78.7 cm³/mol. The zero-order chi connectivity index (χ0) is 14.5. The highest BCUT2D eigenvalue weighted by Crippen LogP contribution is 2.21. The Hall–Kier alpha value is -0.770. The topological polar surface area (TPSA) is 49.3 Å². The molecule has 0 fully saturated rings. The fourth-order valence-corrected chi connectivity index (χ4v) is 2.14. The van der Waals surface area contributed by atoms with Gasteiger partial charge in [-0.2, -0.15) is 0 Å². The lowest BCUT2D eigenvalue weighted by Crippen LogP contribution is -2.42. The highest BCUT2D eigenvalue weighted by atomic mass is 35.5. The van der Waals surface area contributed by atoms with Crippen LogP contribution in [0.25, 0.3) is 0 Å². The summed E-state index contributed by atoms with van der Waals surface area (Å²) in [6.45, 7) is 4.04. The molecular weight excluding hydrogens is 285 g/mol. The number of halogens is 2. The van der Waals surface area contributed by atoms with E-state index in [1.54, 1.807) is 18.2 Å². The zero-order valence-corrected chi connectivity index (χ0v) is 12.7. The summed E-state index contributed by atoms with van der Waals surface area (Å²) in [5.74, 6) is -0.162. The number of amides is 1. The number of carbonyl (C=O) groups excluding carboxylic acids is 1. The minimum atomic E-state index is -0.834. The van der Waals surface area contributed by atoms with Crippen LogP contribution in [0.3, 0.4) is 0 Å². The third-order valence-electron chi connectivity index (χ3n) is 3.30. The van der Waals surface area contributed by atoms with Gasteiger partial charge in [0, 0.05) is 16.6 Å². The molecule has 106 valence electrons. The molecular formula is C14H19Cl2NO2. The highest BCUT2D eigenvalue weighted by Gasteiger charge is 2.22. The molecule has 0 saturated carbocycles. The molecule has 1 rings (SSSR count). The Morgan fingerprint density at radius 1 is 1.32 bits per heavy atom. The smallest absolute Gasteiger partial charge is 0.224 e. The van der Waals surface area contributed by atoms with Crippen LogP contribution in [0.1, 0.15) is 32.3 Å². The van der Waals surface area contributed by atoms with Gasteiger partial charge in [0.1, 0.15) is 0 Å². The summed E-state index contributed by atoms with van der Waals surface area (Å²) in [5, 5.41) is 13.8. The van der Waals surface area contributed by atoms with Gasteiger partial charge in [-0.25, -0.2) is 0 Å². The number of hydrogen-bond acceptors (Lipinski definition) is 2. The number of carbonyl (C=O) groups is 1. The van der Waals surface area contributed by atoms with Crippen LogP contribution in [0.4, 0.5) is 0 Å². The Bertz CT molecular complexity index is 445. The Morgan fingerprint density at radius 2 is 1.95 bits per heavy atom. The van der Waals surface area contributed by atoms with Crippen molar-refractivity contribution in [3.63, 3.8) is 0 Å². The first-order valence-corrected chi connectivity index (χ1v) is 7.09. The number of hydrogen-bond donors (Lipinski definition) is 2. The summed E-state index contributed by atoms with van der Waals surface area (Å²) in [6, 6.07) is 5.04. The van der Waals surface area contributed by atoms with E-state index in [4.69, 9.17) is 23.2 Å². The standard InChI is InChI=1S/C14H19Cl2NO2/c1-3-14(19,4-2)9-17-13(18)7-10-5-6-11(15)8-12(10)16/h5-6,8,19H,3-4,7,9H2,1-2H3,(H,17,18). The molecule has 3 nitrogen and oxygen atoms in total. The number of rotatable bonds is 6. The monoisotopic (exact) mass is 303 g/mol. The molecule has 0 saturated heterocycles. The molecule has 0 heterocycles. The predicted octanol–water partition coefficient (Wildman–Crippen LogP) is 3.20. The summed E-state index contributed by atoms with van der Waals surface area (Å²) < 4.78 is 0. The molecule has 0 aromatic heterocycles. The van der Waals surface area contributed by atoms with Crippen molar-refractivity contribution in [2.75, 3.05) is 6.54 Å². The summed E-state index contributed by atoms with van der Waals surface area (Å²) in [4.78, 5) is 11.8. The third-order valence-corrected chi connectivity index (χ3v) is 3.88. The maximum Gasteiger partial charge on any atom is 0.224 e. The lowest BCUT2D eigenvalue weighted by Gasteiger charge is -2.25. The Kier molecular flexibility index (Phi) is 6.11.